The van der Waals surface area contributed by atoms with E-state index in [1.165, 1.54) is 60.9 Å². The molecule has 0 aromatic carbocycles. The van der Waals surface area contributed by atoms with Crippen LogP contribution in [-0.2, 0) is 6.42 Å². The summed E-state index contributed by atoms with van der Waals surface area (Å²) < 4.78 is 0. The standard InChI is InChI=1S/C15H25N3S/c1-3-8-16-12-5-4-6-13-14(12)17-15(19-13)18-9-7-11(2)10-18/h11-12,16H,3-10H2,1-2H3. The first kappa shape index (κ1) is 13.4. The van der Waals surface area contributed by atoms with Gasteiger partial charge in [-0.1, -0.05) is 13.8 Å². The minimum absolute atomic E-state index is 0.508. The SMILES string of the molecule is CCCNC1CCCc2sc(N3CCC(C)C3)nc21. The van der Waals surface area contributed by atoms with E-state index in [0.29, 0.717) is 6.04 Å². The van der Waals surface area contributed by atoms with Crippen molar-refractivity contribution in [3.63, 3.8) is 0 Å². The molecule has 0 bridgehead atoms. The fourth-order valence-corrected chi connectivity index (χ4v) is 4.36. The Morgan fingerprint density at radius 2 is 2.32 bits per heavy atom. The average molecular weight is 279 g/mol. The van der Waals surface area contributed by atoms with Crippen LogP contribution in [-0.4, -0.2) is 24.6 Å². The van der Waals surface area contributed by atoms with Crippen molar-refractivity contribution in [2.24, 2.45) is 5.92 Å². The lowest BCUT2D eigenvalue weighted by Gasteiger charge is -2.22. The Labute approximate surface area is 120 Å². The second-order valence-electron chi connectivity index (χ2n) is 6.04. The van der Waals surface area contributed by atoms with Crippen LogP contribution in [0.15, 0.2) is 0 Å². The van der Waals surface area contributed by atoms with Gasteiger partial charge >= 0.3 is 0 Å². The zero-order chi connectivity index (χ0) is 13.2. The number of nitrogens with one attached hydrogen (secondary N) is 1. The molecule has 1 aromatic rings. The van der Waals surface area contributed by atoms with Crippen LogP contribution in [0.1, 0.15) is 56.1 Å². The van der Waals surface area contributed by atoms with Gasteiger partial charge in [0.25, 0.3) is 0 Å². The molecule has 0 spiro atoms. The Morgan fingerprint density at radius 1 is 1.42 bits per heavy atom. The molecule has 1 fully saturated rings. The smallest absolute Gasteiger partial charge is 0.185 e. The maximum absolute atomic E-state index is 4.98. The van der Waals surface area contributed by atoms with Crippen LogP contribution < -0.4 is 10.2 Å². The molecular weight excluding hydrogens is 254 g/mol. The van der Waals surface area contributed by atoms with Gasteiger partial charge in [0.2, 0.25) is 0 Å². The molecule has 2 atom stereocenters. The molecule has 0 saturated carbocycles. The van der Waals surface area contributed by atoms with Crippen LogP contribution in [0.2, 0.25) is 0 Å². The van der Waals surface area contributed by atoms with Gasteiger partial charge in [-0.05, 0) is 44.6 Å². The number of fused-ring (bicyclic) bond motifs is 1. The summed E-state index contributed by atoms with van der Waals surface area (Å²) in [5.41, 5.74) is 1.36. The Hall–Kier alpha value is -0.610. The summed E-state index contributed by atoms with van der Waals surface area (Å²) in [5.74, 6) is 0.829. The number of hydrogen-bond donors (Lipinski definition) is 1. The van der Waals surface area contributed by atoms with E-state index in [9.17, 15) is 0 Å². The number of rotatable bonds is 4. The fraction of sp³-hybridized carbons (Fsp3) is 0.800. The van der Waals surface area contributed by atoms with Gasteiger partial charge in [0.05, 0.1) is 11.7 Å². The van der Waals surface area contributed by atoms with Gasteiger partial charge in [0, 0.05) is 18.0 Å². The van der Waals surface area contributed by atoms with Gasteiger partial charge in [-0.15, -0.1) is 11.3 Å². The van der Waals surface area contributed by atoms with Crippen LogP contribution in [0.25, 0.3) is 0 Å². The molecule has 1 aromatic heterocycles. The van der Waals surface area contributed by atoms with Crippen LogP contribution in [0.4, 0.5) is 5.13 Å². The summed E-state index contributed by atoms with van der Waals surface area (Å²) in [5, 5.41) is 4.94. The normalized spacial score (nSPS) is 26.7. The number of thiazole rings is 1. The lowest BCUT2D eigenvalue weighted by molar-refractivity contribution is 0.454. The maximum atomic E-state index is 4.98. The lowest BCUT2D eigenvalue weighted by Crippen LogP contribution is -2.26. The predicted octanol–water partition coefficient (Wildman–Crippen LogP) is 3.37. The Kier molecular flexibility index (Phi) is 4.08. The number of hydrogen-bond acceptors (Lipinski definition) is 4. The second kappa shape index (κ2) is 5.80. The summed E-state index contributed by atoms with van der Waals surface area (Å²) in [6, 6.07) is 0.508. The average Bonchev–Trinajstić information content (AvgIpc) is 3.02. The first-order chi connectivity index (χ1) is 9.28. The number of nitrogens with zero attached hydrogens (tertiary/aromatic N) is 2. The molecule has 19 heavy (non-hydrogen) atoms. The first-order valence-electron chi connectivity index (χ1n) is 7.76. The molecule has 0 radical (unpaired) electrons. The fourth-order valence-electron chi connectivity index (χ4n) is 3.17. The van der Waals surface area contributed by atoms with Crippen molar-refractivity contribution in [1.82, 2.24) is 10.3 Å². The van der Waals surface area contributed by atoms with Gasteiger partial charge < -0.3 is 10.2 Å². The highest BCUT2D eigenvalue weighted by atomic mass is 32.1. The summed E-state index contributed by atoms with van der Waals surface area (Å²) in [6.07, 6.45) is 6.33. The van der Waals surface area contributed by atoms with E-state index in [0.717, 1.165) is 12.5 Å². The van der Waals surface area contributed by atoms with Gasteiger partial charge in [-0.2, -0.15) is 0 Å². The van der Waals surface area contributed by atoms with E-state index < -0.39 is 0 Å². The van der Waals surface area contributed by atoms with E-state index in [-0.39, 0.29) is 0 Å². The van der Waals surface area contributed by atoms with Crippen molar-refractivity contribution < 1.29 is 0 Å². The quantitative estimate of drug-likeness (QED) is 0.916. The van der Waals surface area contributed by atoms with Crippen molar-refractivity contribution in [2.45, 2.75) is 52.0 Å². The second-order valence-corrected chi connectivity index (χ2v) is 7.11. The molecule has 4 heteroatoms. The highest BCUT2D eigenvalue weighted by Gasteiger charge is 2.27. The highest BCUT2D eigenvalue weighted by molar-refractivity contribution is 7.15. The molecule has 2 heterocycles. The van der Waals surface area contributed by atoms with E-state index in [1.54, 1.807) is 0 Å². The van der Waals surface area contributed by atoms with Crippen molar-refractivity contribution in [1.29, 1.82) is 0 Å². The minimum atomic E-state index is 0.508. The Balaban J connectivity index is 1.77. The maximum Gasteiger partial charge on any atom is 0.185 e. The van der Waals surface area contributed by atoms with Gasteiger partial charge in [0.1, 0.15) is 0 Å². The largest absolute Gasteiger partial charge is 0.348 e. The van der Waals surface area contributed by atoms with Crippen molar-refractivity contribution in [2.75, 3.05) is 24.5 Å². The molecule has 1 aliphatic carbocycles. The molecular formula is C15H25N3S. The third-order valence-electron chi connectivity index (χ3n) is 4.28. The van der Waals surface area contributed by atoms with Crippen LogP contribution in [0.3, 0.4) is 0 Å². The number of anilines is 1. The Morgan fingerprint density at radius 3 is 3.05 bits per heavy atom. The number of aromatic nitrogens is 1. The van der Waals surface area contributed by atoms with Crippen LogP contribution in [0.5, 0.6) is 0 Å². The van der Waals surface area contributed by atoms with Crippen molar-refractivity contribution >= 4 is 16.5 Å². The van der Waals surface area contributed by atoms with Crippen LogP contribution >= 0.6 is 11.3 Å². The first-order valence-corrected chi connectivity index (χ1v) is 8.57. The minimum Gasteiger partial charge on any atom is -0.348 e. The molecule has 0 amide bonds. The summed E-state index contributed by atoms with van der Waals surface area (Å²) in [4.78, 5) is 9.01. The van der Waals surface area contributed by atoms with Gasteiger partial charge in [-0.25, -0.2) is 4.98 Å². The molecule has 1 aliphatic heterocycles. The lowest BCUT2D eigenvalue weighted by atomic mass is 9.97. The monoisotopic (exact) mass is 279 g/mol. The van der Waals surface area contributed by atoms with Crippen LogP contribution in [0, 0.1) is 5.92 Å². The van der Waals surface area contributed by atoms with Crippen molar-refractivity contribution in [3.8, 4) is 0 Å². The molecule has 3 rings (SSSR count). The summed E-state index contributed by atoms with van der Waals surface area (Å²) in [7, 11) is 0. The molecule has 106 valence electrons. The van der Waals surface area contributed by atoms with Gasteiger partial charge in [0.15, 0.2) is 5.13 Å². The van der Waals surface area contributed by atoms with E-state index in [2.05, 4.69) is 24.1 Å². The Bertz CT molecular complexity index is 429. The molecule has 1 saturated heterocycles. The number of aryl methyl sites for hydroxylation is 1. The zero-order valence-electron chi connectivity index (χ0n) is 12.1. The van der Waals surface area contributed by atoms with Crippen molar-refractivity contribution in [3.05, 3.63) is 10.6 Å². The van der Waals surface area contributed by atoms with E-state index in [1.807, 2.05) is 11.3 Å². The molecule has 1 N–H and O–H groups in total. The zero-order valence-corrected chi connectivity index (χ0v) is 12.9. The third kappa shape index (κ3) is 2.79. The summed E-state index contributed by atoms with van der Waals surface area (Å²) in [6.45, 7) is 8.08. The topological polar surface area (TPSA) is 28.2 Å². The van der Waals surface area contributed by atoms with E-state index in [4.69, 9.17) is 4.98 Å². The highest BCUT2D eigenvalue weighted by Crippen LogP contribution is 2.38. The molecule has 3 nitrogen and oxygen atoms in total. The summed E-state index contributed by atoms with van der Waals surface area (Å²) >= 11 is 1.95. The third-order valence-corrected chi connectivity index (χ3v) is 5.47. The van der Waals surface area contributed by atoms with Gasteiger partial charge in [-0.3, -0.25) is 0 Å². The predicted molar refractivity (Wildman–Crippen MR) is 82.1 cm³/mol. The van der Waals surface area contributed by atoms with E-state index >= 15 is 0 Å². The molecule has 2 aliphatic rings. The molecule has 2 unspecified atom stereocenters.